The Morgan fingerprint density at radius 3 is 2.82 bits per heavy atom. The third-order valence-corrected chi connectivity index (χ3v) is 3.78. The van der Waals surface area contributed by atoms with Gasteiger partial charge in [0.05, 0.1) is 5.01 Å². The van der Waals surface area contributed by atoms with Gasteiger partial charge in [-0.25, -0.2) is 4.98 Å². The van der Waals surface area contributed by atoms with Crippen molar-refractivity contribution in [1.82, 2.24) is 4.98 Å². The fraction of sp³-hybridized carbons (Fsp3) is 0.308. The van der Waals surface area contributed by atoms with Crippen molar-refractivity contribution in [2.45, 2.75) is 26.7 Å². The summed E-state index contributed by atoms with van der Waals surface area (Å²) in [5, 5.41) is 2.64. The van der Waals surface area contributed by atoms with Gasteiger partial charge in [-0.15, -0.1) is 11.3 Å². The minimum atomic E-state index is 0.744. The smallest absolute Gasteiger partial charge is 0.114 e. The molecule has 0 spiro atoms. The highest BCUT2D eigenvalue weighted by Gasteiger charge is 2.12. The van der Waals surface area contributed by atoms with Gasteiger partial charge in [0.25, 0.3) is 0 Å². The van der Waals surface area contributed by atoms with Crippen molar-refractivity contribution in [3.8, 4) is 11.3 Å². The van der Waals surface area contributed by atoms with Gasteiger partial charge in [-0.1, -0.05) is 24.6 Å². The number of rotatable bonds is 3. The summed E-state index contributed by atoms with van der Waals surface area (Å²) >= 11 is 7.53. The summed E-state index contributed by atoms with van der Waals surface area (Å²) < 4.78 is 0. The quantitative estimate of drug-likeness (QED) is 0.899. The third-order valence-electron chi connectivity index (χ3n) is 2.61. The monoisotopic (exact) mass is 266 g/mol. The van der Waals surface area contributed by atoms with Crippen molar-refractivity contribution in [3.05, 3.63) is 33.8 Å². The van der Waals surface area contributed by atoms with Crippen molar-refractivity contribution in [2.75, 3.05) is 5.73 Å². The Hall–Kier alpha value is -1.06. The second-order valence-electron chi connectivity index (χ2n) is 4.03. The minimum absolute atomic E-state index is 0.744. The maximum atomic E-state index is 6.03. The molecule has 0 amide bonds. The van der Waals surface area contributed by atoms with E-state index in [1.807, 2.05) is 25.1 Å². The number of anilines is 1. The van der Waals surface area contributed by atoms with E-state index in [9.17, 15) is 0 Å². The average Bonchev–Trinajstić information content (AvgIpc) is 2.60. The molecule has 2 aromatic rings. The Morgan fingerprint density at radius 1 is 1.41 bits per heavy atom. The van der Waals surface area contributed by atoms with Crippen LogP contribution in [0.5, 0.6) is 0 Å². The van der Waals surface area contributed by atoms with E-state index in [1.165, 1.54) is 0 Å². The van der Waals surface area contributed by atoms with Gasteiger partial charge in [0.2, 0.25) is 0 Å². The predicted octanol–water partition coefficient (Wildman–Crippen LogP) is 4.31. The maximum Gasteiger partial charge on any atom is 0.114 e. The van der Waals surface area contributed by atoms with Gasteiger partial charge in [-0.05, 0) is 37.5 Å². The molecule has 90 valence electrons. The molecule has 2 rings (SSSR count). The van der Waals surface area contributed by atoms with E-state index >= 15 is 0 Å². The minimum Gasteiger partial charge on any atom is -0.389 e. The van der Waals surface area contributed by atoms with E-state index in [0.29, 0.717) is 0 Å². The molecule has 2 nitrogen and oxygen atoms in total. The zero-order valence-corrected chi connectivity index (χ0v) is 11.5. The molecule has 2 N–H and O–H groups in total. The molecule has 0 aliphatic rings. The van der Waals surface area contributed by atoms with Gasteiger partial charge < -0.3 is 5.73 Å². The highest BCUT2D eigenvalue weighted by molar-refractivity contribution is 7.16. The number of nitrogen functional groups attached to an aromatic ring is 1. The molecule has 0 bridgehead atoms. The summed E-state index contributed by atoms with van der Waals surface area (Å²) in [4.78, 5) is 4.61. The van der Waals surface area contributed by atoms with Crippen molar-refractivity contribution in [3.63, 3.8) is 0 Å². The van der Waals surface area contributed by atoms with E-state index in [1.54, 1.807) is 11.3 Å². The summed E-state index contributed by atoms with van der Waals surface area (Å²) in [7, 11) is 0. The van der Waals surface area contributed by atoms with Gasteiger partial charge in [0.1, 0.15) is 10.7 Å². The van der Waals surface area contributed by atoms with Gasteiger partial charge in [-0.3, -0.25) is 0 Å². The van der Waals surface area contributed by atoms with Gasteiger partial charge in [-0.2, -0.15) is 0 Å². The molecule has 0 saturated carbocycles. The molecular weight excluding hydrogens is 252 g/mol. The SMILES string of the molecule is CCCc1nc(-c2ccc(Cl)cc2C)c(N)s1. The number of thiazole rings is 1. The Kier molecular flexibility index (Phi) is 3.69. The average molecular weight is 267 g/mol. The van der Waals surface area contributed by atoms with Gasteiger partial charge in [0.15, 0.2) is 0 Å². The lowest BCUT2D eigenvalue weighted by molar-refractivity contribution is 0.910. The lowest BCUT2D eigenvalue weighted by Crippen LogP contribution is -1.89. The molecule has 0 unspecified atom stereocenters. The topological polar surface area (TPSA) is 38.9 Å². The standard InChI is InChI=1S/C13H15ClN2S/c1-3-4-11-16-12(13(15)17-11)10-6-5-9(14)7-8(10)2/h5-7H,3-4,15H2,1-2H3. The van der Waals surface area contributed by atoms with E-state index in [4.69, 9.17) is 17.3 Å². The first kappa shape index (κ1) is 12.4. The van der Waals surface area contributed by atoms with Crippen LogP contribution in [-0.4, -0.2) is 4.98 Å². The van der Waals surface area contributed by atoms with E-state index in [2.05, 4.69) is 11.9 Å². The second-order valence-corrected chi connectivity index (χ2v) is 5.58. The molecule has 17 heavy (non-hydrogen) atoms. The lowest BCUT2D eigenvalue weighted by Gasteiger charge is -2.03. The lowest BCUT2D eigenvalue weighted by atomic mass is 10.1. The van der Waals surface area contributed by atoms with Gasteiger partial charge >= 0.3 is 0 Å². The van der Waals surface area contributed by atoms with Crippen LogP contribution in [-0.2, 0) is 6.42 Å². The largest absolute Gasteiger partial charge is 0.389 e. The van der Waals surface area contributed by atoms with Crippen LogP contribution in [0.3, 0.4) is 0 Å². The fourth-order valence-electron chi connectivity index (χ4n) is 1.78. The maximum absolute atomic E-state index is 6.03. The fourth-order valence-corrected chi connectivity index (χ4v) is 2.96. The first-order valence-electron chi connectivity index (χ1n) is 5.63. The molecule has 1 heterocycles. The Labute approximate surface area is 110 Å². The van der Waals surface area contributed by atoms with Crippen molar-refractivity contribution < 1.29 is 0 Å². The second kappa shape index (κ2) is 5.07. The zero-order valence-electron chi connectivity index (χ0n) is 9.96. The Morgan fingerprint density at radius 2 is 2.18 bits per heavy atom. The third kappa shape index (κ3) is 2.61. The van der Waals surface area contributed by atoms with Crippen LogP contribution in [0.2, 0.25) is 5.02 Å². The molecule has 0 aliphatic carbocycles. The molecule has 1 aromatic heterocycles. The summed E-state index contributed by atoms with van der Waals surface area (Å²) in [6.07, 6.45) is 2.08. The molecule has 1 aromatic carbocycles. The van der Waals surface area contributed by atoms with Crippen LogP contribution in [0.1, 0.15) is 23.9 Å². The number of benzene rings is 1. The molecular formula is C13H15ClN2S. The first-order chi connectivity index (χ1) is 8.11. The molecule has 0 fully saturated rings. The number of nitrogens with two attached hydrogens (primary N) is 1. The molecule has 0 aliphatic heterocycles. The van der Waals surface area contributed by atoms with Crippen LogP contribution in [0.4, 0.5) is 5.00 Å². The van der Waals surface area contributed by atoms with Crippen molar-refractivity contribution >= 4 is 27.9 Å². The highest BCUT2D eigenvalue weighted by Crippen LogP contribution is 2.33. The zero-order chi connectivity index (χ0) is 12.4. The van der Waals surface area contributed by atoms with Crippen LogP contribution >= 0.6 is 22.9 Å². The first-order valence-corrected chi connectivity index (χ1v) is 6.83. The van der Waals surface area contributed by atoms with E-state index in [0.717, 1.165) is 44.7 Å². The number of nitrogens with zero attached hydrogens (tertiary/aromatic N) is 1. The van der Waals surface area contributed by atoms with Crippen molar-refractivity contribution in [1.29, 1.82) is 0 Å². The number of halogens is 1. The molecule has 0 saturated heterocycles. The number of aromatic nitrogens is 1. The van der Waals surface area contributed by atoms with Crippen LogP contribution in [0.15, 0.2) is 18.2 Å². The van der Waals surface area contributed by atoms with Crippen molar-refractivity contribution in [2.24, 2.45) is 0 Å². The molecule has 4 heteroatoms. The summed E-state index contributed by atoms with van der Waals surface area (Å²) in [6, 6.07) is 5.80. The number of aryl methyl sites for hydroxylation is 2. The highest BCUT2D eigenvalue weighted by atomic mass is 35.5. The summed E-state index contributed by atoms with van der Waals surface area (Å²) in [5.41, 5.74) is 9.11. The normalized spacial score (nSPS) is 10.8. The Bertz CT molecular complexity index is 534. The Balaban J connectivity index is 2.45. The van der Waals surface area contributed by atoms with E-state index < -0.39 is 0 Å². The molecule has 0 atom stereocenters. The van der Waals surface area contributed by atoms with Crippen LogP contribution < -0.4 is 5.73 Å². The molecule has 0 radical (unpaired) electrons. The summed E-state index contributed by atoms with van der Waals surface area (Å²) in [5.74, 6) is 0. The van der Waals surface area contributed by atoms with Crippen LogP contribution in [0.25, 0.3) is 11.3 Å². The number of hydrogen-bond donors (Lipinski definition) is 1. The predicted molar refractivity (Wildman–Crippen MR) is 75.7 cm³/mol. The van der Waals surface area contributed by atoms with Crippen LogP contribution in [0, 0.1) is 6.92 Å². The summed E-state index contributed by atoms with van der Waals surface area (Å²) in [6.45, 7) is 4.17. The number of hydrogen-bond acceptors (Lipinski definition) is 3. The van der Waals surface area contributed by atoms with Gasteiger partial charge in [0, 0.05) is 10.6 Å². The van der Waals surface area contributed by atoms with E-state index in [-0.39, 0.29) is 0 Å².